The number of aryl methyl sites for hydroxylation is 1. The molecule has 0 bridgehead atoms. The first-order chi connectivity index (χ1) is 8.04. The Bertz CT molecular complexity index is 374. The van der Waals surface area contributed by atoms with E-state index in [1.54, 1.807) is 0 Å². The standard InChI is InChI=1S/C14H21NO2/c1-11-6-5-7-12(10-11)13(15(2)3)8-9-14(16)17-4/h5-7,10,13H,8-9H2,1-4H3. The minimum atomic E-state index is -0.149. The van der Waals surface area contributed by atoms with Gasteiger partial charge in [0.25, 0.3) is 0 Å². The average molecular weight is 235 g/mol. The molecular weight excluding hydrogens is 214 g/mol. The number of nitrogens with zero attached hydrogens (tertiary/aromatic N) is 1. The van der Waals surface area contributed by atoms with Gasteiger partial charge in [0.2, 0.25) is 0 Å². The Labute approximate surface area is 103 Å². The summed E-state index contributed by atoms with van der Waals surface area (Å²) in [6.45, 7) is 2.08. The first-order valence-corrected chi connectivity index (χ1v) is 5.84. The molecule has 3 nitrogen and oxygen atoms in total. The molecule has 0 aliphatic carbocycles. The molecule has 1 atom stereocenters. The second-order valence-corrected chi connectivity index (χ2v) is 4.51. The molecule has 1 aromatic rings. The predicted molar refractivity (Wildman–Crippen MR) is 68.9 cm³/mol. The van der Waals surface area contributed by atoms with Crippen molar-refractivity contribution < 1.29 is 9.53 Å². The minimum absolute atomic E-state index is 0.149. The van der Waals surface area contributed by atoms with Crippen LogP contribution >= 0.6 is 0 Å². The van der Waals surface area contributed by atoms with Gasteiger partial charge in [0.15, 0.2) is 0 Å². The number of carbonyl (C=O) groups is 1. The van der Waals surface area contributed by atoms with E-state index in [9.17, 15) is 4.79 Å². The molecule has 1 unspecified atom stereocenters. The van der Waals surface area contributed by atoms with Gasteiger partial charge in [0.05, 0.1) is 7.11 Å². The molecular formula is C14H21NO2. The molecule has 0 amide bonds. The topological polar surface area (TPSA) is 29.5 Å². The van der Waals surface area contributed by atoms with Crippen molar-refractivity contribution in [2.45, 2.75) is 25.8 Å². The number of rotatable bonds is 5. The zero-order valence-corrected chi connectivity index (χ0v) is 11.1. The molecule has 0 saturated carbocycles. The van der Waals surface area contributed by atoms with Gasteiger partial charge in [-0.3, -0.25) is 4.79 Å². The zero-order chi connectivity index (χ0) is 12.8. The smallest absolute Gasteiger partial charge is 0.305 e. The van der Waals surface area contributed by atoms with E-state index in [4.69, 9.17) is 0 Å². The summed E-state index contributed by atoms with van der Waals surface area (Å²) in [6.07, 6.45) is 1.23. The summed E-state index contributed by atoms with van der Waals surface area (Å²) in [5.41, 5.74) is 2.49. The molecule has 0 saturated heterocycles. The lowest BCUT2D eigenvalue weighted by atomic mass is 9.99. The number of carbonyl (C=O) groups excluding carboxylic acids is 1. The first-order valence-electron chi connectivity index (χ1n) is 5.84. The summed E-state index contributed by atoms with van der Waals surface area (Å²) in [5.74, 6) is -0.149. The molecule has 94 valence electrons. The Balaban J connectivity index is 2.75. The van der Waals surface area contributed by atoms with E-state index in [1.807, 2.05) is 14.1 Å². The lowest BCUT2D eigenvalue weighted by Crippen LogP contribution is -2.21. The second kappa shape index (κ2) is 6.40. The summed E-state index contributed by atoms with van der Waals surface area (Å²) in [5, 5.41) is 0. The Hall–Kier alpha value is -1.35. The third-order valence-electron chi connectivity index (χ3n) is 2.90. The van der Waals surface area contributed by atoms with E-state index in [0.717, 1.165) is 6.42 Å². The lowest BCUT2D eigenvalue weighted by Gasteiger charge is -2.24. The van der Waals surface area contributed by atoms with E-state index in [0.29, 0.717) is 6.42 Å². The molecule has 0 aromatic heterocycles. The molecule has 1 aromatic carbocycles. The van der Waals surface area contributed by atoms with Crippen LogP contribution in [0.2, 0.25) is 0 Å². The molecule has 1 rings (SSSR count). The molecule has 0 aliphatic rings. The van der Waals surface area contributed by atoms with Crippen molar-refractivity contribution in [1.82, 2.24) is 4.90 Å². The fraction of sp³-hybridized carbons (Fsp3) is 0.500. The van der Waals surface area contributed by atoms with Crippen molar-refractivity contribution in [3.05, 3.63) is 35.4 Å². The number of esters is 1. The van der Waals surface area contributed by atoms with Gasteiger partial charge in [0, 0.05) is 12.5 Å². The van der Waals surface area contributed by atoms with Crippen LogP contribution in [0.25, 0.3) is 0 Å². The maximum Gasteiger partial charge on any atom is 0.305 e. The predicted octanol–water partition coefficient (Wildman–Crippen LogP) is 2.55. The fourth-order valence-corrected chi connectivity index (χ4v) is 1.96. The van der Waals surface area contributed by atoms with Crippen LogP contribution in [0.5, 0.6) is 0 Å². The molecule has 0 fully saturated rings. The number of ether oxygens (including phenoxy) is 1. The highest BCUT2D eigenvalue weighted by Gasteiger charge is 2.15. The van der Waals surface area contributed by atoms with Crippen LogP contribution in [0.3, 0.4) is 0 Å². The van der Waals surface area contributed by atoms with E-state index in [1.165, 1.54) is 18.2 Å². The first kappa shape index (κ1) is 13.7. The molecule has 17 heavy (non-hydrogen) atoms. The maximum absolute atomic E-state index is 11.2. The highest BCUT2D eigenvalue weighted by molar-refractivity contribution is 5.69. The number of methoxy groups -OCH3 is 1. The van der Waals surface area contributed by atoms with Crippen molar-refractivity contribution in [2.24, 2.45) is 0 Å². The van der Waals surface area contributed by atoms with Gasteiger partial charge in [0.1, 0.15) is 0 Å². The normalized spacial score (nSPS) is 12.5. The van der Waals surface area contributed by atoms with Crippen molar-refractivity contribution >= 4 is 5.97 Å². The Morgan fingerprint density at radius 3 is 2.65 bits per heavy atom. The van der Waals surface area contributed by atoms with Gasteiger partial charge in [-0.15, -0.1) is 0 Å². The zero-order valence-electron chi connectivity index (χ0n) is 11.1. The number of hydrogen-bond acceptors (Lipinski definition) is 3. The van der Waals surface area contributed by atoms with E-state index in [2.05, 4.69) is 40.8 Å². The largest absolute Gasteiger partial charge is 0.469 e. The molecule has 3 heteroatoms. The van der Waals surface area contributed by atoms with Crippen LogP contribution in [0.1, 0.15) is 30.0 Å². The Morgan fingerprint density at radius 1 is 1.41 bits per heavy atom. The van der Waals surface area contributed by atoms with Crippen LogP contribution in [0.4, 0.5) is 0 Å². The van der Waals surface area contributed by atoms with Crippen LogP contribution in [-0.2, 0) is 9.53 Å². The molecule has 0 aliphatic heterocycles. The SMILES string of the molecule is COC(=O)CCC(c1cccc(C)c1)N(C)C. The maximum atomic E-state index is 11.2. The van der Waals surface area contributed by atoms with Crippen molar-refractivity contribution in [1.29, 1.82) is 0 Å². The third-order valence-corrected chi connectivity index (χ3v) is 2.90. The van der Waals surface area contributed by atoms with Crippen molar-refractivity contribution in [2.75, 3.05) is 21.2 Å². The Morgan fingerprint density at radius 2 is 2.12 bits per heavy atom. The lowest BCUT2D eigenvalue weighted by molar-refractivity contribution is -0.141. The summed E-state index contributed by atoms with van der Waals surface area (Å²) >= 11 is 0. The van der Waals surface area contributed by atoms with E-state index < -0.39 is 0 Å². The van der Waals surface area contributed by atoms with E-state index in [-0.39, 0.29) is 12.0 Å². The van der Waals surface area contributed by atoms with Crippen LogP contribution in [-0.4, -0.2) is 32.1 Å². The van der Waals surface area contributed by atoms with Gasteiger partial charge >= 0.3 is 5.97 Å². The second-order valence-electron chi connectivity index (χ2n) is 4.51. The van der Waals surface area contributed by atoms with Gasteiger partial charge in [-0.05, 0) is 33.0 Å². The van der Waals surface area contributed by atoms with Crippen molar-refractivity contribution in [3.63, 3.8) is 0 Å². The molecule has 0 radical (unpaired) electrons. The molecule has 0 spiro atoms. The summed E-state index contributed by atoms with van der Waals surface area (Å²) < 4.78 is 4.68. The average Bonchev–Trinajstić information content (AvgIpc) is 2.28. The highest BCUT2D eigenvalue weighted by atomic mass is 16.5. The van der Waals surface area contributed by atoms with Crippen LogP contribution in [0, 0.1) is 6.92 Å². The summed E-state index contributed by atoms with van der Waals surface area (Å²) in [4.78, 5) is 13.3. The minimum Gasteiger partial charge on any atom is -0.469 e. The van der Waals surface area contributed by atoms with Gasteiger partial charge < -0.3 is 9.64 Å². The van der Waals surface area contributed by atoms with Gasteiger partial charge in [-0.2, -0.15) is 0 Å². The van der Waals surface area contributed by atoms with Gasteiger partial charge in [-0.1, -0.05) is 29.8 Å². The van der Waals surface area contributed by atoms with Crippen LogP contribution < -0.4 is 0 Å². The number of benzene rings is 1. The number of hydrogen-bond donors (Lipinski definition) is 0. The Kier molecular flexibility index (Phi) is 5.16. The molecule has 0 N–H and O–H groups in total. The highest BCUT2D eigenvalue weighted by Crippen LogP contribution is 2.24. The molecule has 0 heterocycles. The van der Waals surface area contributed by atoms with Crippen LogP contribution in [0.15, 0.2) is 24.3 Å². The van der Waals surface area contributed by atoms with E-state index >= 15 is 0 Å². The quantitative estimate of drug-likeness (QED) is 0.735. The monoisotopic (exact) mass is 235 g/mol. The summed E-state index contributed by atoms with van der Waals surface area (Å²) in [7, 11) is 5.49. The summed E-state index contributed by atoms with van der Waals surface area (Å²) in [6, 6.07) is 8.67. The third kappa shape index (κ3) is 4.19. The fourth-order valence-electron chi connectivity index (χ4n) is 1.96. The van der Waals surface area contributed by atoms with Gasteiger partial charge in [-0.25, -0.2) is 0 Å². The van der Waals surface area contributed by atoms with Crippen molar-refractivity contribution in [3.8, 4) is 0 Å².